The maximum Gasteiger partial charge on any atom is 0.277 e. The predicted molar refractivity (Wildman–Crippen MR) is 104 cm³/mol. The van der Waals surface area contributed by atoms with E-state index >= 15 is 0 Å². The van der Waals surface area contributed by atoms with Gasteiger partial charge >= 0.3 is 0 Å². The Morgan fingerprint density at radius 2 is 1.78 bits per heavy atom. The van der Waals surface area contributed by atoms with Crippen LogP contribution in [0.4, 0.5) is 5.69 Å². The maximum atomic E-state index is 12.5. The van der Waals surface area contributed by atoms with E-state index in [9.17, 15) is 9.59 Å². The molecule has 3 rings (SSSR count). The Hall–Kier alpha value is -2.93. The first-order valence-corrected chi connectivity index (χ1v) is 9.34. The number of thioether (sulfide) groups is 1. The Kier molecular flexibility index (Phi) is 6.03. The van der Waals surface area contributed by atoms with E-state index in [0.717, 1.165) is 5.56 Å². The molecule has 1 aromatic heterocycles. The van der Waals surface area contributed by atoms with E-state index in [1.807, 2.05) is 30.3 Å². The smallest absolute Gasteiger partial charge is 0.277 e. The highest BCUT2D eigenvalue weighted by Crippen LogP contribution is 2.24. The fourth-order valence-electron chi connectivity index (χ4n) is 2.47. The molecule has 0 fully saturated rings. The van der Waals surface area contributed by atoms with E-state index in [-0.39, 0.29) is 11.7 Å². The van der Waals surface area contributed by atoms with Crippen LogP contribution in [0.15, 0.2) is 64.2 Å². The van der Waals surface area contributed by atoms with Crippen molar-refractivity contribution >= 4 is 29.1 Å². The van der Waals surface area contributed by atoms with E-state index < -0.39 is 5.25 Å². The number of aromatic nitrogens is 2. The number of nitrogens with one attached hydrogen (secondary N) is 1. The lowest BCUT2D eigenvalue weighted by molar-refractivity contribution is -0.115. The van der Waals surface area contributed by atoms with Gasteiger partial charge in [0.15, 0.2) is 5.78 Å². The van der Waals surface area contributed by atoms with E-state index in [1.165, 1.54) is 18.7 Å². The summed E-state index contributed by atoms with van der Waals surface area (Å²) in [4.78, 5) is 24.1. The summed E-state index contributed by atoms with van der Waals surface area (Å²) < 4.78 is 5.63. The molecule has 0 unspecified atom stereocenters. The van der Waals surface area contributed by atoms with Crippen molar-refractivity contribution < 1.29 is 14.0 Å². The van der Waals surface area contributed by atoms with Crippen molar-refractivity contribution in [3.8, 4) is 0 Å². The number of ketones is 1. The molecule has 0 saturated carbocycles. The zero-order chi connectivity index (χ0) is 19.2. The average molecular weight is 381 g/mol. The molecular formula is C20H19N3O3S. The second kappa shape index (κ2) is 8.64. The molecule has 7 heteroatoms. The molecule has 0 aliphatic rings. The predicted octanol–water partition coefficient (Wildman–Crippen LogP) is 3.98. The summed E-state index contributed by atoms with van der Waals surface area (Å²) in [7, 11) is 0. The summed E-state index contributed by atoms with van der Waals surface area (Å²) in [6.07, 6.45) is 0.543. The van der Waals surface area contributed by atoms with Crippen LogP contribution in [0.2, 0.25) is 0 Å². The third-order valence-corrected chi connectivity index (χ3v) is 4.79. The molecule has 0 spiro atoms. The Morgan fingerprint density at radius 3 is 2.52 bits per heavy atom. The lowest BCUT2D eigenvalue weighted by Crippen LogP contribution is -2.23. The lowest BCUT2D eigenvalue weighted by atomic mass is 10.1. The van der Waals surface area contributed by atoms with E-state index in [4.69, 9.17) is 4.42 Å². The maximum absolute atomic E-state index is 12.5. The van der Waals surface area contributed by atoms with Gasteiger partial charge in [0.1, 0.15) is 0 Å². The van der Waals surface area contributed by atoms with Crippen LogP contribution in [0.3, 0.4) is 0 Å². The minimum Gasteiger partial charge on any atom is -0.416 e. The average Bonchev–Trinajstić information content (AvgIpc) is 3.09. The van der Waals surface area contributed by atoms with Crippen LogP contribution in [0.1, 0.15) is 35.7 Å². The third-order valence-electron chi connectivity index (χ3n) is 3.86. The molecule has 27 heavy (non-hydrogen) atoms. The molecule has 3 aromatic rings. The first kappa shape index (κ1) is 18.8. The van der Waals surface area contributed by atoms with Gasteiger partial charge in [0.25, 0.3) is 5.22 Å². The number of benzene rings is 2. The van der Waals surface area contributed by atoms with Gasteiger partial charge in [-0.3, -0.25) is 9.59 Å². The molecule has 6 nitrogen and oxygen atoms in total. The zero-order valence-corrected chi connectivity index (χ0v) is 15.8. The van der Waals surface area contributed by atoms with Crippen LogP contribution in [0, 0.1) is 0 Å². The first-order valence-electron chi connectivity index (χ1n) is 8.46. The van der Waals surface area contributed by atoms with Crippen molar-refractivity contribution in [3.05, 3.63) is 71.6 Å². The van der Waals surface area contributed by atoms with Crippen LogP contribution in [0.25, 0.3) is 0 Å². The highest BCUT2D eigenvalue weighted by molar-refractivity contribution is 8.00. The number of amides is 1. The number of para-hydroxylation sites is 1. The third kappa shape index (κ3) is 5.04. The van der Waals surface area contributed by atoms with Gasteiger partial charge in [-0.25, -0.2) is 0 Å². The van der Waals surface area contributed by atoms with Gasteiger partial charge in [-0.2, -0.15) is 0 Å². The van der Waals surface area contributed by atoms with Crippen LogP contribution in [-0.4, -0.2) is 27.1 Å². The Labute approximate surface area is 161 Å². The SMILES string of the molecule is CC(=O)c1ccccc1NC(=O)[C@@H](C)Sc1nnc(Cc2ccccc2)o1. The number of Topliss-reactive ketones (excluding diaryl/α,β-unsaturated/α-hetero) is 1. The molecule has 0 bridgehead atoms. The van der Waals surface area contributed by atoms with E-state index in [0.29, 0.717) is 28.8 Å². The Bertz CT molecular complexity index is 940. The summed E-state index contributed by atoms with van der Waals surface area (Å²) in [6.45, 7) is 3.22. The van der Waals surface area contributed by atoms with Crippen LogP contribution < -0.4 is 5.32 Å². The quantitative estimate of drug-likeness (QED) is 0.492. The first-order chi connectivity index (χ1) is 13.0. The minimum atomic E-state index is -0.463. The lowest BCUT2D eigenvalue weighted by Gasteiger charge is -2.12. The molecule has 1 N–H and O–H groups in total. The second-order valence-corrected chi connectivity index (χ2v) is 7.27. The largest absolute Gasteiger partial charge is 0.416 e. The standard InChI is InChI=1S/C20H19N3O3S/c1-13(24)16-10-6-7-11-17(16)21-19(25)14(2)27-20-23-22-18(26-20)12-15-8-4-3-5-9-15/h3-11,14H,12H2,1-2H3,(H,21,25)/t14-/m1/s1. The normalized spacial score (nSPS) is 11.8. The monoisotopic (exact) mass is 381 g/mol. The molecule has 0 radical (unpaired) electrons. The Morgan fingerprint density at radius 1 is 1.07 bits per heavy atom. The molecular weight excluding hydrogens is 362 g/mol. The van der Waals surface area contributed by atoms with Crippen molar-refractivity contribution in [1.82, 2.24) is 10.2 Å². The molecule has 2 aromatic carbocycles. The highest BCUT2D eigenvalue weighted by Gasteiger charge is 2.20. The summed E-state index contributed by atoms with van der Waals surface area (Å²) in [6, 6.07) is 16.7. The Balaban J connectivity index is 1.61. The molecule has 0 saturated heterocycles. The number of nitrogens with zero attached hydrogens (tertiary/aromatic N) is 2. The van der Waals surface area contributed by atoms with Crippen LogP contribution in [0.5, 0.6) is 0 Å². The van der Waals surface area contributed by atoms with Gasteiger partial charge < -0.3 is 9.73 Å². The number of hydrogen-bond donors (Lipinski definition) is 1. The number of anilines is 1. The second-order valence-electron chi connectivity index (χ2n) is 5.98. The van der Waals surface area contributed by atoms with Gasteiger partial charge in [0.05, 0.1) is 17.4 Å². The number of carbonyl (C=O) groups is 2. The van der Waals surface area contributed by atoms with Crippen molar-refractivity contribution in [1.29, 1.82) is 0 Å². The number of hydrogen-bond acceptors (Lipinski definition) is 6. The highest BCUT2D eigenvalue weighted by atomic mass is 32.2. The fraction of sp³-hybridized carbons (Fsp3) is 0.200. The molecule has 0 aliphatic heterocycles. The van der Waals surface area contributed by atoms with Crippen LogP contribution >= 0.6 is 11.8 Å². The fourth-order valence-corrected chi connectivity index (χ4v) is 3.17. The molecule has 138 valence electrons. The van der Waals surface area contributed by atoms with Gasteiger partial charge in [0.2, 0.25) is 11.8 Å². The van der Waals surface area contributed by atoms with E-state index in [2.05, 4.69) is 15.5 Å². The van der Waals surface area contributed by atoms with Crippen molar-refractivity contribution in [2.24, 2.45) is 0 Å². The molecule has 0 aliphatic carbocycles. The summed E-state index contributed by atoms with van der Waals surface area (Å²) >= 11 is 1.18. The number of carbonyl (C=O) groups excluding carboxylic acids is 2. The van der Waals surface area contributed by atoms with Gasteiger partial charge in [-0.1, -0.05) is 54.2 Å². The van der Waals surface area contributed by atoms with Crippen LogP contribution in [-0.2, 0) is 11.2 Å². The minimum absolute atomic E-state index is 0.103. The number of rotatable bonds is 7. The van der Waals surface area contributed by atoms with Gasteiger partial charge in [-0.05, 0) is 31.5 Å². The van der Waals surface area contributed by atoms with Crippen molar-refractivity contribution in [2.45, 2.75) is 30.7 Å². The molecule has 1 atom stereocenters. The molecule has 1 heterocycles. The van der Waals surface area contributed by atoms with Gasteiger partial charge in [-0.15, -0.1) is 10.2 Å². The summed E-state index contributed by atoms with van der Waals surface area (Å²) in [5.74, 6) is 0.156. The van der Waals surface area contributed by atoms with E-state index in [1.54, 1.807) is 31.2 Å². The topological polar surface area (TPSA) is 85.1 Å². The van der Waals surface area contributed by atoms with Gasteiger partial charge in [0, 0.05) is 5.56 Å². The summed E-state index contributed by atoms with van der Waals surface area (Å²) in [5.41, 5.74) is 2.05. The zero-order valence-electron chi connectivity index (χ0n) is 15.0. The van der Waals surface area contributed by atoms with Crippen molar-refractivity contribution in [2.75, 3.05) is 5.32 Å². The molecule has 1 amide bonds. The summed E-state index contributed by atoms with van der Waals surface area (Å²) in [5, 5.41) is 10.7. The van der Waals surface area contributed by atoms with Crippen molar-refractivity contribution in [3.63, 3.8) is 0 Å².